The van der Waals surface area contributed by atoms with E-state index in [4.69, 9.17) is 25.8 Å². The highest BCUT2D eigenvalue weighted by Gasteiger charge is 2.16. The molecule has 5 heteroatoms. The molecule has 0 atom stereocenters. The molecule has 120 valence electrons. The van der Waals surface area contributed by atoms with E-state index in [0.717, 1.165) is 5.56 Å². The number of esters is 1. The van der Waals surface area contributed by atoms with Crippen LogP contribution in [0.5, 0.6) is 5.75 Å². The van der Waals surface area contributed by atoms with Crippen LogP contribution >= 0.6 is 11.6 Å². The molecule has 0 radical (unpaired) electrons. The van der Waals surface area contributed by atoms with Crippen LogP contribution in [0.4, 0.5) is 0 Å². The Hall–Kier alpha value is -2.46. The van der Waals surface area contributed by atoms with Gasteiger partial charge in [-0.15, -0.1) is 0 Å². The minimum Gasteiger partial charge on any atom is -0.503 e. The predicted octanol–water partition coefficient (Wildman–Crippen LogP) is 4.08. The number of rotatable bonds is 6. The van der Waals surface area contributed by atoms with Gasteiger partial charge in [0, 0.05) is 5.02 Å². The van der Waals surface area contributed by atoms with Crippen LogP contribution in [0, 0.1) is 0 Å². The molecule has 0 saturated carbocycles. The number of carbonyl (C=O) groups is 1. The maximum absolute atomic E-state index is 11.9. The van der Waals surface area contributed by atoms with Crippen LogP contribution in [0.15, 0.2) is 54.8 Å². The number of hydrogen-bond donors (Lipinski definition) is 0. The molecule has 0 aliphatic heterocycles. The van der Waals surface area contributed by atoms with Gasteiger partial charge in [0.2, 0.25) is 0 Å². The molecule has 0 fully saturated rings. The minimum atomic E-state index is -0.470. The molecule has 0 N–H and O–H groups in total. The summed E-state index contributed by atoms with van der Waals surface area (Å²) in [6.07, 6.45) is 1.37. The van der Waals surface area contributed by atoms with Crippen LogP contribution in [0.2, 0.25) is 5.02 Å². The Balaban J connectivity index is 2.26. The summed E-state index contributed by atoms with van der Waals surface area (Å²) < 4.78 is 15.6. The molecule has 2 aromatic rings. The van der Waals surface area contributed by atoms with Crippen LogP contribution in [0.25, 0.3) is 5.57 Å². The molecule has 0 unspecified atom stereocenters. The molecular formula is C18H17ClO4. The highest BCUT2D eigenvalue weighted by Crippen LogP contribution is 2.23. The van der Waals surface area contributed by atoms with Crippen LogP contribution in [-0.2, 0) is 20.9 Å². The summed E-state index contributed by atoms with van der Waals surface area (Å²) >= 11 is 5.94. The SMILES string of the molecule is COC=C(C(=O)OC)c1ccccc1COc1cccc(Cl)c1. The molecule has 0 aliphatic carbocycles. The Bertz CT molecular complexity index is 710. The molecule has 2 rings (SSSR count). The van der Waals surface area contributed by atoms with Gasteiger partial charge in [-0.2, -0.15) is 0 Å². The van der Waals surface area contributed by atoms with Crippen molar-refractivity contribution in [1.29, 1.82) is 0 Å². The molecule has 0 aromatic heterocycles. The van der Waals surface area contributed by atoms with Gasteiger partial charge in [-0.3, -0.25) is 0 Å². The molecule has 0 heterocycles. The van der Waals surface area contributed by atoms with Crippen molar-refractivity contribution < 1.29 is 19.0 Å². The Labute approximate surface area is 140 Å². The summed E-state index contributed by atoms with van der Waals surface area (Å²) in [5, 5.41) is 0.602. The third-order valence-corrected chi connectivity index (χ3v) is 3.37. The van der Waals surface area contributed by atoms with E-state index in [0.29, 0.717) is 21.9 Å². The Morgan fingerprint density at radius 3 is 2.61 bits per heavy atom. The van der Waals surface area contributed by atoms with E-state index in [2.05, 4.69) is 0 Å². The molecule has 0 spiro atoms. The topological polar surface area (TPSA) is 44.8 Å². The van der Waals surface area contributed by atoms with E-state index in [-0.39, 0.29) is 6.61 Å². The second-order valence-electron chi connectivity index (χ2n) is 4.66. The number of halogens is 1. The van der Waals surface area contributed by atoms with E-state index in [1.165, 1.54) is 20.5 Å². The number of ether oxygens (including phenoxy) is 3. The van der Waals surface area contributed by atoms with Gasteiger partial charge in [0.15, 0.2) is 0 Å². The zero-order chi connectivity index (χ0) is 16.7. The maximum Gasteiger partial charge on any atom is 0.341 e. The van der Waals surface area contributed by atoms with Gasteiger partial charge in [0.1, 0.15) is 17.9 Å². The molecule has 0 aliphatic rings. The van der Waals surface area contributed by atoms with E-state index >= 15 is 0 Å². The van der Waals surface area contributed by atoms with Crippen molar-refractivity contribution in [3.05, 3.63) is 70.9 Å². The first-order valence-corrected chi connectivity index (χ1v) is 7.31. The summed E-state index contributed by atoms with van der Waals surface area (Å²) in [7, 11) is 2.81. The molecule has 4 nitrogen and oxygen atoms in total. The zero-order valence-corrected chi connectivity index (χ0v) is 13.7. The fraction of sp³-hybridized carbons (Fsp3) is 0.167. The molecular weight excluding hydrogens is 316 g/mol. The second-order valence-corrected chi connectivity index (χ2v) is 5.10. The van der Waals surface area contributed by atoms with Gasteiger partial charge in [0.05, 0.1) is 20.5 Å². The third-order valence-electron chi connectivity index (χ3n) is 3.14. The van der Waals surface area contributed by atoms with Crippen molar-refractivity contribution in [2.24, 2.45) is 0 Å². The zero-order valence-electron chi connectivity index (χ0n) is 12.9. The van der Waals surface area contributed by atoms with Crippen molar-refractivity contribution in [1.82, 2.24) is 0 Å². The molecule has 0 saturated heterocycles. The number of carbonyl (C=O) groups excluding carboxylic acids is 1. The van der Waals surface area contributed by atoms with Crippen LogP contribution in [-0.4, -0.2) is 20.2 Å². The highest BCUT2D eigenvalue weighted by atomic mass is 35.5. The van der Waals surface area contributed by atoms with Gasteiger partial charge in [-0.05, 0) is 29.3 Å². The first-order valence-electron chi connectivity index (χ1n) is 6.93. The fourth-order valence-corrected chi connectivity index (χ4v) is 2.26. The molecule has 2 aromatic carbocycles. The maximum atomic E-state index is 11.9. The van der Waals surface area contributed by atoms with Crippen molar-refractivity contribution in [2.75, 3.05) is 14.2 Å². The van der Waals surface area contributed by atoms with Gasteiger partial charge < -0.3 is 14.2 Å². The predicted molar refractivity (Wildman–Crippen MR) is 89.2 cm³/mol. The standard InChI is InChI=1S/C18H17ClO4/c1-21-12-17(18(20)22-2)16-9-4-3-6-13(16)11-23-15-8-5-7-14(19)10-15/h3-10,12H,11H2,1-2H3. The van der Waals surface area contributed by atoms with E-state index in [9.17, 15) is 4.79 Å². The van der Waals surface area contributed by atoms with Gasteiger partial charge in [0.25, 0.3) is 0 Å². The average Bonchev–Trinajstić information content (AvgIpc) is 2.58. The quantitative estimate of drug-likeness (QED) is 0.454. The number of methoxy groups -OCH3 is 2. The fourth-order valence-electron chi connectivity index (χ4n) is 2.08. The smallest absolute Gasteiger partial charge is 0.341 e. The number of hydrogen-bond acceptors (Lipinski definition) is 4. The Kier molecular flexibility index (Phi) is 6.06. The normalized spacial score (nSPS) is 11.0. The molecule has 0 amide bonds. The van der Waals surface area contributed by atoms with Gasteiger partial charge in [-0.25, -0.2) is 4.79 Å². The Morgan fingerprint density at radius 1 is 1.13 bits per heavy atom. The second kappa shape index (κ2) is 8.25. The van der Waals surface area contributed by atoms with Crippen LogP contribution < -0.4 is 4.74 Å². The average molecular weight is 333 g/mol. The first-order chi connectivity index (χ1) is 11.2. The lowest BCUT2D eigenvalue weighted by Crippen LogP contribution is -2.08. The van der Waals surface area contributed by atoms with Gasteiger partial charge in [-0.1, -0.05) is 41.9 Å². The van der Waals surface area contributed by atoms with E-state index in [1.54, 1.807) is 12.1 Å². The first kappa shape index (κ1) is 16.9. The minimum absolute atomic E-state index is 0.286. The Morgan fingerprint density at radius 2 is 1.91 bits per heavy atom. The molecule has 0 bridgehead atoms. The summed E-state index contributed by atoms with van der Waals surface area (Å²) in [6, 6.07) is 14.6. The summed E-state index contributed by atoms with van der Waals surface area (Å²) in [5.74, 6) is 0.185. The summed E-state index contributed by atoms with van der Waals surface area (Å²) in [6.45, 7) is 0.286. The third kappa shape index (κ3) is 4.50. The lowest BCUT2D eigenvalue weighted by molar-refractivity contribution is -0.133. The van der Waals surface area contributed by atoms with E-state index in [1.807, 2.05) is 36.4 Å². The lowest BCUT2D eigenvalue weighted by atomic mass is 10.0. The molecule has 23 heavy (non-hydrogen) atoms. The van der Waals surface area contributed by atoms with E-state index < -0.39 is 5.97 Å². The van der Waals surface area contributed by atoms with Crippen molar-refractivity contribution in [3.63, 3.8) is 0 Å². The summed E-state index contributed by atoms with van der Waals surface area (Å²) in [4.78, 5) is 11.9. The van der Waals surface area contributed by atoms with Gasteiger partial charge >= 0.3 is 5.97 Å². The van der Waals surface area contributed by atoms with Crippen LogP contribution in [0.3, 0.4) is 0 Å². The van der Waals surface area contributed by atoms with Crippen molar-refractivity contribution in [3.8, 4) is 5.75 Å². The number of benzene rings is 2. The van der Waals surface area contributed by atoms with Crippen molar-refractivity contribution in [2.45, 2.75) is 6.61 Å². The lowest BCUT2D eigenvalue weighted by Gasteiger charge is -2.12. The highest BCUT2D eigenvalue weighted by molar-refractivity contribution is 6.30. The largest absolute Gasteiger partial charge is 0.503 e. The van der Waals surface area contributed by atoms with Crippen molar-refractivity contribution >= 4 is 23.1 Å². The summed E-state index contributed by atoms with van der Waals surface area (Å²) in [5.41, 5.74) is 1.87. The monoisotopic (exact) mass is 332 g/mol. The van der Waals surface area contributed by atoms with Crippen LogP contribution in [0.1, 0.15) is 11.1 Å².